The molecule has 0 spiro atoms. The molecule has 0 saturated heterocycles. The van der Waals surface area contributed by atoms with Gasteiger partial charge in [0.25, 0.3) is 0 Å². The summed E-state index contributed by atoms with van der Waals surface area (Å²) in [7, 11) is 0. The summed E-state index contributed by atoms with van der Waals surface area (Å²) < 4.78 is 0. The molecule has 0 aromatic carbocycles. The minimum atomic E-state index is 0.408. The van der Waals surface area contributed by atoms with Crippen molar-refractivity contribution in [1.82, 2.24) is 10.2 Å². The molecule has 0 amide bonds. The van der Waals surface area contributed by atoms with Crippen molar-refractivity contribution in [3.63, 3.8) is 0 Å². The van der Waals surface area contributed by atoms with E-state index in [2.05, 4.69) is 54.5 Å². The maximum atomic E-state index is 4.24. The highest BCUT2D eigenvalue weighted by Crippen LogP contribution is 2.28. The van der Waals surface area contributed by atoms with Gasteiger partial charge in [-0.3, -0.25) is 5.10 Å². The standard InChI is InChI=1S/C12H17N3S/c1-4-9-5-6-11(16-9)10-7-12(15-14-10)13-8(2)3/h5-8H,4H2,1-3H3,(H2,13,14,15). The number of rotatable bonds is 4. The maximum absolute atomic E-state index is 4.24. The van der Waals surface area contributed by atoms with Crippen LogP contribution < -0.4 is 5.32 Å². The molecule has 0 aliphatic heterocycles. The molecule has 0 aliphatic carbocycles. The van der Waals surface area contributed by atoms with E-state index in [4.69, 9.17) is 0 Å². The Labute approximate surface area is 99.9 Å². The average Bonchev–Trinajstić information content (AvgIpc) is 2.83. The molecule has 0 fully saturated rings. The van der Waals surface area contributed by atoms with Crippen molar-refractivity contribution < 1.29 is 0 Å². The molecule has 0 bridgehead atoms. The Balaban J connectivity index is 2.17. The van der Waals surface area contributed by atoms with Crippen molar-refractivity contribution in [2.24, 2.45) is 0 Å². The van der Waals surface area contributed by atoms with E-state index >= 15 is 0 Å². The van der Waals surface area contributed by atoms with Crippen LogP contribution in [0.5, 0.6) is 0 Å². The molecular weight excluding hydrogens is 218 g/mol. The quantitative estimate of drug-likeness (QED) is 0.851. The summed E-state index contributed by atoms with van der Waals surface area (Å²) >= 11 is 1.82. The van der Waals surface area contributed by atoms with Crippen LogP contribution in [-0.2, 0) is 6.42 Å². The molecular formula is C12H17N3S. The Kier molecular flexibility index (Phi) is 3.29. The van der Waals surface area contributed by atoms with E-state index < -0.39 is 0 Å². The van der Waals surface area contributed by atoms with Crippen LogP contribution in [0.4, 0.5) is 5.82 Å². The second-order valence-corrected chi connectivity index (χ2v) is 5.25. The van der Waals surface area contributed by atoms with E-state index in [1.165, 1.54) is 9.75 Å². The zero-order valence-corrected chi connectivity index (χ0v) is 10.7. The van der Waals surface area contributed by atoms with Gasteiger partial charge in [0.1, 0.15) is 5.82 Å². The lowest BCUT2D eigenvalue weighted by atomic mass is 10.3. The van der Waals surface area contributed by atoms with Crippen LogP contribution in [0.2, 0.25) is 0 Å². The Morgan fingerprint density at radius 1 is 1.44 bits per heavy atom. The van der Waals surface area contributed by atoms with Gasteiger partial charge >= 0.3 is 0 Å². The third kappa shape index (κ3) is 2.44. The summed E-state index contributed by atoms with van der Waals surface area (Å²) in [4.78, 5) is 2.66. The molecule has 2 N–H and O–H groups in total. The van der Waals surface area contributed by atoms with Gasteiger partial charge in [-0.25, -0.2) is 0 Å². The number of thiophene rings is 1. The third-order valence-corrected chi connectivity index (χ3v) is 3.55. The van der Waals surface area contributed by atoms with Crippen LogP contribution in [0.1, 0.15) is 25.6 Å². The van der Waals surface area contributed by atoms with Gasteiger partial charge in [0.15, 0.2) is 0 Å². The molecule has 86 valence electrons. The minimum absolute atomic E-state index is 0.408. The van der Waals surface area contributed by atoms with Gasteiger partial charge in [-0.1, -0.05) is 6.92 Å². The molecule has 2 heterocycles. The molecule has 2 rings (SSSR count). The first-order valence-electron chi connectivity index (χ1n) is 5.60. The Bertz CT molecular complexity index is 456. The van der Waals surface area contributed by atoms with Crippen molar-refractivity contribution in [3.05, 3.63) is 23.1 Å². The monoisotopic (exact) mass is 235 g/mol. The fourth-order valence-electron chi connectivity index (χ4n) is 1.53. The number of nitrogens with zero attached hydrogens (tertiary/aromatic N) is 1. The van der Waals surface area contributed by atoms with Gasteiger partial charge < -0.3 is 5.32 Å². The van der Waals surface area contributed by atoms with Crippen molar-refractivity contribution in [2.45, 2.75) is 33.2 Å². The SMILES string of the molecule is CCc1ccc(-c2cc(NC(C)C)n[nH]2)s1. The first-order valence-corrected chi connectivity index (χ1v) is 6.41. The summed E-state index contributed by atoms with van der Waals surface area (Å²) in [5, 5.41) is 10.6. The number of aryl methyl sites for hydroxylation is 1. The largest absolute Gasteiger partial charge is 0.366 e. The third-order valence-electron chi connectivity index (χ3n) is 2.29. The van der Waals surface area contributed by atoms with E-state index in [9.17, 15) is 0 Å². The fourth-order valence-corrected chi connectivity index (χ4v) is 2.44. The van der Waals surface area contributed by atoms with Crippen molar-refractivity contribution in [1.29, 1.82) is 0 Å². The van der Waals surface area contributed by atoms with Gasteiger partial charge in [0, 0.05) is 17.0 Å². The lowest BCUT2D eigenvalue weighted by Gasteiger charge is -2.04. The van der Waals surface area contributed by atoms with Crippen LogP contribution in [0, 0.1) is 0 Å². The Morgan fingerprint density at radius 2 is 2.25 bits per heavy atom. The van der Waals surface area contributed by atoms with Crippen molar-refractivity contribution in [3.8, 4) is 10.6 Å². The van der Waals surface area contributed by atoms with Gasteiger partial charge in [0.2, 0.25) is 0 Å². The topological polar surface area (TPSA) is 40.7 Å². The van der Waals surface area contributed by atoms with Crippen molar-refractivity contribution >= 4 is 17.2 Å². The predicted molar refractivity (Wildman–Crippen MR) is 70.0 cm³/mol. The summed E-state index contributed by atoms with van der Waals surface area (Å²) in [6.07, 6.45) is 1.09. The van der Waals surface area contributed by atoms with E-state index in [1.807, 2.05) is 11.3 Å². The number of nitrogens with one attached hydrogen (secondary N) is 2. The van der Waals surface area contributed by atoms with Gasteiger partial charge in [-0.2, -0.15) is 5.10 Å². The van der Waals surface area contributed by atoms with Crippen LogP contribution >= 0.6 is 11.3 Å². The lowest BCUT2D eigenvalue weighted by molar-refractivity contribution is 0.884. The number of aromatic nitrogens is 2. The van der Waals surface area contributed by atoms with E-state index in [1.54, 1.807) is 0 Å². The van der Waals surface area contributed by atoms with Crippen LogP contribution in [-0.4, -0.2) is 16.2 Å². The fraction of sp³-hybridized carbons (Fsp3) is 0.417. The summed E-state index contributed by atoms with van der Waals surface area (Å²) in [6.45, 7) is 6.39. The first kappa shape index (κ1) is 11.2. The van der Waals surface area contributed by atoms with Gasteiger partial charge in [0.05, 0.1) is 10.6 Å². The van der Waals surface area contributed by atoms with Crippen LogP contribution in [0.15, 0.2) is 18.2 Å². The smallest absolute Gasteiger partial charge is 0.148 e. The van der Waals surface area contributed by atoms with E-state index in [0.717, 1.165) is 17.9 Å². The highest BCUT2D eigenvalue weighted by atomic mass is 32.1. The van der Waals surface area contributed by atoms with Crippen LogP contribution in [0.3, 0.4) is 0 Å². The van der Waals surface area contributed by atoms with E-state index in [-0.39, 0.29) is 0 Å². The Morgan fingerprint density at radius 3 is 2.88 bits per heavy atom. The molecule has 4 heteroatoms. The second-order valence-electron chi connectivity index (χ2n) is 4.09. The van der Waals surface area contributed by atoms with Gasteiger partial charge in [-0.05, 0) is 32.4 Å². The molecule has 3 nitrogen and oxygen atoms in total. The Hall–Kier alpha value is -1.29. The van der Waals surface area contributed by atoms with E-state index in [0.29, 0.717) is 6.04 Å². The van der Waals surface area contributed by atoms with Gasteiger partial charge in [-0.15, -0.1) is 11.3 Å². The zero-order valence-electron chi connectivity index (χ0n) is 9.87. The molecule has 16 heavy (non-hydrogen) atoms. The number of hydrogen-bond acceptors (Lipinski definition) is 3. The summed E-state index contributed by atoms with van der Waals surface area (Å²) in [5.41, 5.74) is 1.09. The molecule has 0 saturated carbocycles. The zero-order chi connectivity index (χ0) is 11.5. The lowest BCUT2D eigenvalue weighted by Crippen LogP contribution is -2.09. The molecule has 2 aromatic heterocycles. The number of hydrogen-bond donors (Lipinski definition) is 2. The maximum Gasteiger partial charge on any atom is 0.148 e. The summed E-state index contributed by atoms with van der Waals surface area (Å²) in [6, 6.07) is 6.79. The molecule has 0 atom stereocenters. The molecule has 0 unspecified atom stereocenters. The summed E-state index contributed by atoms with van der Waals surface area (Å²) in [5.74, 6) is 0.913. The van der Waals surface area contributed by atoms with Crippen molar-refractivity contribution in [2.75, 3.05) is 5.32 Å². The second kappa shape index (κ2) is 4.70. The number of anilines is 1. The number of H-pyrrole nitrogens is 1. The highest BCUT2D eigenvalue weighted by molar-refractivity contribution is 7.15. The normalized spacial score (nSPS) is 11.0. The van der Waals surface area contributed by atoms with Crippen LogP contribution in [0.25, 0.3) is 10.6 Å². The first-order chi connectivity index (χ1) is 7.69. The molecule has 0 radical (unpaired) electrons. The molecule has 2 aromatic rings. The predicted octanol–water partition coefficient (Wildman–Crippen LogP) is 3.52. The minimum Gasteiger partial charge on any atom is -0.366 e. The average molecular weight is 235 g/mol. The molecule has 0 aliphatic rings. The highest BCUT2D eigenvalue weighted by Gasteiger charge is 2.06. The number of aromatic amines is 1.